The number of ether oxygens (including phenoxy) is 3. The van der Waals surface area contributed by atoms with Crippen LogP contribution >= 0.6 is 0 Å². The second-order valence-electron chi connectivity index (χ2n) is 5.04. The van der Waals surface area contributed by atoms with Crippen LogP contribution in [0.1, 0.15) is 18.9 Å². The van der Waals surface area contributed by atoms with Gasteiger partial charge < -0.3 is 14.2 Å². The van der Waals surface area contributed by atoms with Gasteiger partial charge in [-0.2, -0.15) is 0 Å². The molecule has 5 nitrogen and oxygen atoms in total. The molecule has 1 aliphatic rings. The second kappa shape index (κ2) is 7.45. The monoisotopic (exact) mass is 314 g/mol. The van der Waals surface area contributed by atoms with Crippen molar-refractivity contribution in [2.24, 2.45) is 0 Å². The molecule has 0 radical (unpaired) electrons. The van der Waals surface area contributed by atoms with Crippen molar-refractivity contribution < 1.29 is 23.8 Å². The Kier molecular flexibility index (Phi) is 5.36. The SMILES string of the molecule is C=C(C)C(=O)Oc1cc(C2=CC=CCC2OC=O)ccc1OC. The number of carbonyl (C=O) groups excluding carboxylic acids is 2. The number of benzene rings is 1. The highest BCUT2D eigenvalue weighted by Crippen LogP contribution is 2.34. The van der Waals surface area contributed by atoms with E-state index in [1.54, 1.807) is 19.1 Å². The first-order valence-corrected chi connectivity index (χ1v) is 7.08. The first-order valence-electron chi connectivity index (χ1n) is 7.08. The van der Waals surface area contributed by atoms with Crippen molar-refractivity contribution in [3.05, 3.63) is 54.1 Å². The summed E-state index contributed by atoms with van der Waals surface area (Å²) >= 11 is 0. The molecule has 0 amide bonds. The fourth-order valence-electron chi connectivity index (χ4n) is 2.21. The number of carbonyl (C=O) groups is 2. The molecule has 23 heavy (non-hydrogen) atoms. The van der Waals surface area contributed by atoms with Crippen LogP contribution in [0, 0.1) is 0 Å². The van der Waals surface area contributed by atoms with Gasteiger partial charge in [0, 0.05) is 17.6 Å². The summed E-state index contributed by atoms with van der Waals surface area (Å²) < 4.78 is 15.6. The van der Waals surface area contributed by atoms with E-state index in [1.165, 1.54) is 7.11 Å². The minimum Gasteiger partial charge on any atom is -0.493 e. The summed E-state index contributed by atoms with van der Waals surface area (Å²) in [5.41, 5.74) is 1.90. The standard InChI is InChI=1S/C18H18O5/c1-12(2)18(20)23-17-10-13(8-9-16(17)21-3)14-6-4-5-7-15(14)22-11-19/h4-6,8-11,15H,1,7H2,2-3H3. The van der Waals surface area contributed by atoms with Crippen LogP contribution in [0.15, 0.2) is 48.6 Å². The summed E-state index contributed by atoms with van der Waals surface area (Å²) in [6, 6.07) is 5.21. The lowest BCUT2D eigenvalue weighted by molar-refractivity contribution is -0.131. The van der Waals surface area contributed by atoms with Gasteiger partial charge in [0.05, 0.1) is 7.11 Å². The van der Waals surface area contributed by atoms with E-state index in [1.807, 2.05) is 24.3 Å². The van der Waals surface area contributed by atoms with Gasteiger partial charge in [-0.05, 0) is 24.6 Å². The highest BCUT2D eigenvalue weighted by atomic mass is 16.6. The first-order chi connectivity index (χ1) is 11.1. The van der Waals surface area contributed by atoms with Crippen LogP contribution in [0.5, 0.6) is 11.5 Å². The molecular formula is C18H18O5. The van der Waals surface area contributed by atoms with Gasteiger partial charge in [-0.3, -0.25) is 4.79 Å². The molecule has 0 spiro atoms. The molecule has 1 aliphatic carbocycles. The molecule has 0 bridgehead atoms. The van der Waals surface area contributed by atoms with Crippen LogP contribution in [0.25, 0.3) is 5.57 Å². The predicted molar refractivity (Wildman–Crippen MR) is 86.1 cm³/mol. The Hall–Kier alpha value is -2.82. The highest BCUT2D eigenvalue weighted by molar-refractivity contribution is 5.89. The Morgan fingerprint density at radius 2 is 2.13 bits per heavy atom. The van der Waals surface area contributed by atoms with Crippen molar-refractivity contribution >= 4 is 18.0 Å². The number of hydrogen-bond acceptors (Lipinski definition) is 5. The van der Waals surface area contributed by atoms with Gasteiger partial charge in [-0.15, -0.1) is 0 Å². The maximum atomic E-state index is 11.8. The van der Waals surface area contributed by atoms with Crippen LogP contribution in [-0.2, 0) is 14.3 Å². The van der Waals surface area contributed by atoms with Gasteiger partial charge in [0.15, 0.2) is 11.5 Å². The number of methoxy groups -OCH3 is 1. The van der Waals surface area contributed by atoms with E-state index in [9.17, 15) is 9.59 Å². The van der Waals surface area contributed by atoms with Crippen LogP contribution < -0.4 is 9.47 Å². The molecule has 1 aromatic carbocycles. The number of hydrogen-bond donors (Lipinski definition) is 0. The maximum absolute atomic E-state index is 11.8. The van der Waals surface area contributed by atoms with Crippen LogP contribution in [0.2, 0.25) is 0 Å². The van der Waals surface area contributed by atoms with Gasteiger partial charge in [-0.1, -0.05) is 30.9 Å². The largest absolute Gasteiger partial charge is 0.493 e. The second-order valence-corrected chi connectivity index (χ2v) is 5.04. The van der Waals surface area contributed by atoms with E-state index in [4.69, 9.17) is 14.2 Å². The molecular weight excluding hydrogens is 296 g/mol. The normalized spacial score (nSPS) is 16.3. The third kappa shape index (κ3) is 3.88. The lowest BCUT2D eigenvalue weighted by Gasteiger charge is -2.21. The van der Waals surface area contributed by atoms with E-state index >= 15 is 0 Å². The first kappa shape index (κ1) is 16.5. The zero-order valence-corrected chi connectivity index (χ0v) is 13.1. The molecule has 0 aliphatic heterocycles. The van der Waals surface area contributed by atoms with Crippen LogP contribution in [0.4, 0.5) is 0 Å². The van der Waals surface area contributed by atoms with Crippen molar-refractivity contribution in [3.63, 3.8) is 0 Å². The molecule has 0 saturated carbocycles. The summed E-state index contributed by atoms with van der Waals surface area (Å²) in [7, 11) is 1.49. The lowest BCUT2D eigenvalue weighted by atomic mass is 9.94. The number of allylic oxidation sites excluding steroid dienone is 2. The van der Waals surface area contributed by atoms with Crippen LogP contribution in [-0.4, -0.2) is 25.7 Å². The Labute approximate surface area is 134 Å². The maximum Gasteiger partial charge on any atom is 0.338 e. The third-order valence-corrected chi connectivity index (χ3v) is 3.38. The van der Waals surface area contributed by atoms with E-state index in [-0.39, 0.29) is 6.10 Å². The number of rotatable bonds is 6. The van der Waals surface area contributed by atoms with E-state index in [0.29, 0.717) is 30.0 Å². The molecule has 0 saturated heterocycles. The molecule has 0 fully saturated rings. The number of esters is 1. The molecule has 1 unspecified atom stereocenters. The summed E-state index contributed by atoms with van der Waals surface area (Å²) in [4.78, 5) is 22.4. The third-order valence-electron chi connectivity index (χ3n) is 3.38. The van der Waals surface area contributed by atoms with E-state index in [2.05, 4.69) is 6.58 Å². The fraction of sp³-hybridized carbons (Fsp3) is 0.222. The van der Waals surface area contributed by atoms with Crippen molar-refractivity contribution in [2.45, 2.75) is 19.4 Å². The molecule has 0 N–H and O–H groups in total. The Balaban J connectivity index is 2.38. The van der Waals surface area contributed by atoms with Crippen molar-refractivity contribution in [3.8, 4) is 11.5 Å². The molecule has 0 heterocycles. The Morgan fingerprint density at radius 1 is 1.35 bits per heavy atom. The van der Waals surface area contributed by atoms with Gasteiger partial charge in [0.25, 0.3) is 6.47 Å². The zero-order valence-electron chi connectivity index (χ0n) is 13.1. The van der Waals surface area contributed by atoms with Crippen molar-refractivity contribution in [1.29, 1.82) is 0 Å². The highest BCUT2D eigenvalue weighted by Gasteiger charge is 2.20. The van der Waals surface area contributed by atoms with Crippen molar-refractivity contribution in [2.75, 3.05) is 7.11 Å². The average Bonchev–Trinajstić information content (AvgIpc) is 2.55. The van der Waals surface area contributed by atoms with Gasteiger partial charge in [-0.25, -0.2) is 4.79 Å². The van der Waals surface area contributed by atoms with Crippen molar-refractivity contribution in [1.82, 2.24) is 0 Å². The van der Waals surface area contributed by atoms with E-state index < -0.39 is 5.97 Å². The minimum atomic E-state index is -0.529. The summed E-state index contributed by atoms with van der Waals surface area (Å²) in [6.07, 6.45) is 5.91. The summed E-state index contributed by atoms with van der Waals surface area (Å²) in [5.74, 6) is 0.195. The molecule has 5 heteroatoms. The quantitative estimate of drug-likeness (QED) is 0.349. The lowest BCUT2D eigenvalue weighted by Crippen LogP contribution is -2.16. The Bertz CT molecular complexity index is 683. The molecule has 1 aromatic rings. The van der Waals surface area contributed by atoms with Crippen LogP contribution in [0.3, 0.4) is 0 Å². The molecule has 120 valence electrons. The molecule has 1 atom stereocenters. The smallest absolute Gasteiger partial charge is 0.338 e. The minimum absolute atomic E-state index is 0.290. The average molecular weight is 314 g/mol. The molecule has 0 aromatic heterocycles. The van der Waals surface area contributed by atoms with Gasteiger partial charge in [0.2, 0.25) is 0 Å². The fourth-order valence-corrected chi connectivity index (χ4v) is 2.21. The van der Waals surface area contributed by atoms with E-state index in [0.717, 1.165) is 11.1 Å². The summed E-state index contributed by atoms with van der Waals surface area (Å²) in [6.45, 7) is 5.56. The van der Waals surface area contributed by atoms with Gasteiger partial charge >= 0.3 is 5.97 Å². The topological polar surface area (TPSA) is 61.8 Å². The van der Waals surface area contributed by atoms with Gasteiger partial charge in [0.1, 0.15) is 6.10 Å². The Morgan fingerprint density at radius 3 is 2.78 bits per heavy atom. The predicted octanol–water partition coefficient (Wildman–Crippen LogP) is 3.06. The molecule has 2 rings (SSSR count). The zero-order chi connectivity index (χ0) is 16.8. The summed E-state index contributed by atoms with van der Waals surface area (Å²) in [5, 5.41) is 0.